The maximum atomic E-state index is 8.94. The van der Waals surface area contributed by atoms with Crippen molar-refractivity contribution >= 4 is 39.5 Å². The Kier molecular flexibility index (Phi) is 2.78. The second-order valence-corrected chi connectivity index (χ2v) is 4.95. The van der Waals surface area contributed by atoms with Gasteiger partial charge in [-0.1, -0.05) is 6.08 Å². The maximum Gasteiger partial charge on any atom is 0.180 e. The van der Waals surface area contributed by atoms with Gasteiger partial charge in [0.1, 0.15) is 0 Å². The van der Waals surface area contributed by atoms with Crippen molar-refractivity contribution in [1.82, 2.24) is 9.97 Å². The van der Waals surface area contributed by atoms with E-state index in [0.29, 0.717) is 10.7 Å². The fourth-order valence-electron chi connectivity index (χ4n) is 1.90. The van der Waals surface area contributed by atoms with Crippen LogP contribution in [-0.4, -0.2) is 9.97 Å². The molecule has 0 aliphatic heterocycles. The van der Waals surface area contributed by atoms with Crippen molar-refractivity contribution in [3.63, 3.8) is 0 Å². The van der Waals surface area contributed by atoms with Crippen LogP contribution in [0.4, 0.5) is 5.13 Å². The minimum atomic E-state index is 0.561. The standard InChI is InChI=1S/C14H10N4S/c15-6-9-1-4-13-12(5-9)10(7-17-13)2-3-11-8-19-14(16)18-11/h1-5,7-8,17H,(H2,16,18)/b3-2+. The van der Waals surface area contributed by atoms with Gasteiger partial charge >= 0.3 is 0 Å². The van der Waals surface area contributed by atoms with Crippen molar-refractivity contribution in [2.45, 2.75) is 0 Å². The van der Waals surface area contributed by atoms with Gasteiger partial charge in [0.2, 0.25) is 0 Å². The molecule has 92 valence electrons. The predicted octanol–water partition coefficient (Wildman–Crippen LogP) is 3.25. The van der Waals surface area contributed by atoms with Crippen LogP contribution in [0.25, 0.3) is 23.1 Å². The molecule has 0 fully saturated rings. The number of rotatable bonds is 2. The van der Waals surface area contributed by atoms with E-state index in [-0.39, 0.29) is 0 Å². The zero-order valence-electron chi connectivity index (χ0n) is 9.92. The zero-order valence-corrected chi connectivity index (χ0v) is 10.7. The number of nitriles is 1. The molecule has 0 radical (unpaired) electrons. The topological polar surface area (TPSA) is 78.5 Å². The monoisotopic (exact) mass is 266 g/mol. The van der Waals surface area contributed by atoms with Crippen LogP contribution in [0.15, 0.2) is 29.8 Å². The summed E-state index contributed by atoms with van der Waals surface area (Å²) in [7, 11) is 0. The number of aromatic nitrogens is 2. The van der Waals surface area contributed by atoms with Crippen LogP contribution >= 0.6 is 11.3 Å². The molecule has 19 heavy (non-hydrogen) atoms. The first kappa shape index (κ1) is 11.5. The van der Waals surface area contributed by atoms with Crippen molar-refractivity contribution in [2.75, 3.05) is 5.73 Å². The maximum absolute atomic E-state index is 8.94. The van der Waals surface area contributed by atoms with E-state index in [1.807, 2.05) is 35.9 Å². The van der Waals surface area contributed by atoms with E-state index in [9.17, 15) is 0 Å². The van der Waals surface area contributed by atoms with Crippen molar-refractivity contribution in [3.8, 4) is 6.07 Å². The number of anilines is 1. The van der Waals surface area contributed by atoms with Crippen LogP contribution in [-0.2, 0) is 0 Å². The lowest BCUT2D eigenvalue weighted by molar-refractivity contribution is 1.39. The fraction of sp³-hybridized carbons (Fsp3) is 0. The van der Waals surface area contributed by atoms with Crippen LogP contribution in [0.2, 0.25) is 0 Å². The van der Waals surface area contributed by atoms with E-state index < -0.39 is 0 Å². The van der Waals surface area contributed by atoms with Crippen LogP contribution in [0.5, 0.6) is 0 Å². The molecule has 0 bridgehead atoms. The second kappa shape index (κ2) is 4.59. The molecular weight excluding hydrogens is 256 g/mol. The Morgan fingerprint density at radius 1 is 1.37 bits per heavy atom. The highest BCUT2D eigenvalue weighted by atomic mass is 32.1. The van der Waals surface area contributed by atoms with Gasteiger partial charge in [-0.25, -0.2) is 4.98 Å². The molecule has 0 aliphatic rings. The number of thiazole rings is 1. The molecule has 3 rings (SSSR count). The van der Waals surface area contributed by atoms with E-state index in [1.165, 1.54) is 11.3 Å². The summed E-state index contributed by atoms with van der Waals surface area (Å²) < 4.78 is 0. The number of nitrogens with zero attached hydrogens (tertiary/aromatic N) is 2. The molecule has 2 aromatic heterocycles. The number of fused-ring (bicyclic) bond motifs is 1. The molecule has 5 heteroatoms. The number of nitrogens with one attached hydrogen (secondary N) is 1. The third-order valence-electron chi connectivity index (χ3n) is 2.82. The number of benzene rings is 1. The summed E-state index contributed by atoms with van der Waals surface area (Å²) in [5.41, 5.74) is 9.12. The van der Waals surface area contributed by atoms with Crippen LogP contribution in [0.3, 0.4) is 0 Å². The van der Waals surface area contributed by atoms with Gasteiger partial charge < -0.3 is 10.7 Å². The van der Waals surface area contributed by atoms with Crippen LogP contribution < -0.4 is 5.73 Å². The lowest BCUT2D eigenvalue weighted by atomic mass is 10.1. The first-order valence-electron chi connectivity index (χ1n) is 5.66. The highest BCUT2D eigenvalue weighted by molar-refractivity contribution is 7.13. The number of hydrogen-bond acceptors (Lipinski definition) is 4. The van der Waals surface area contributed by atoms with Gasteiger partial charge in [0, 0.05) is 22.5 Å². The third kappa shape index (κ3) is 2.21. The largest absolute Gasteiger partial charge is 0.375 e. The van der Waals surface area contributed by atoms with Gasteiger partial charge in [-0.15, -0.1) is 11.3 Å². The Morgan fingerprint density at radius 3 is 3.00 bits per heavy atom. The van der Waals surface area contributed by atoms with E-state index in [1.54, 1.807) is 6.07 Å². The van der Waals surface area contributed by atoms with Gasteiger partial charge in [0.05, 0.1) is 17.3 Å². The van der Waals surface area contributed by atoms with Gasteiger partial charge in [-0.3, -0.25) is 0 Å². The first-order chi connectivity index (χ1) is 9.26. The SMILES string of the molecule is N#Cc1ccc2[nH]cc(/C=C/c3csc(N)n3)c2c1. The molecule has 2 heterocycles. The summed E-state index contributed by atoms with van der Waals surface area (Å²) in [4.78, 5) is 7.35. The zero-order chi connectivity index (χ0) is 13.2. The molecule has 3 N–H and O–H groups in total. The summed E-state index contributed by atoms with van der Waals surface area (Å²) in [6.07, 6.45) is 5.79. The van der Waals surface area contributed by atoms with Crippen molar-refractivity contribution in [2.24, 2.45) is 0 Å². The molecule has 3 aromatic rings. The normalized spacial score (nSPS) is 11.1. The minimum absolute atomic E-state index is 0.561. The van der Waals surface area contributed by atoms with Crippen LogP contribution in [0.1, 0.15) is 16.8 Å². The lowest BCUT2D eigenvalue weighted by Crippen LogP contribution is -1.80. The number of hydrogen-bond donors (Lipinski definition) is 2. The highest BCUT2D eigenvalue weighted by Crippen LogP contribution is 2.22. The number of nitrogen functional groups attached to an aromatic ring is 1. The molecule has 0 atom stereocenters. The molecule has 0 saturated heterocycles. The van der Waals surface area contributed by atoms with Gasteiger partial charge in [0.15, 0.2) is 5.13 Å². The molecule has 1 aromatic carbocycles. The predicted molar refractivity (Wildman–Crippen MR) is 78.5 cm³/mol. The second-order valence-electron chi connectivity index (χ2n) is 4.06. The molecule has 0 saturated carbocycles. The highest BCUT2D eigenvalue weighted by Gasteiger charge is 2.02. The van der Waals surface area contributed by atoms with E-state index in [4.69, 9.17) is 11.0 Å². The van der Waals surface area contributed by atoms with Crippen LogP contribution in [0, 0.1) is 11.3 Å². The van der Waals surface area contributed by atoms with E-state index in [2.05, 4.69) is 16.0 Å². The summed E-state index contributed by atoms with van der Waals surface area (Å²) in [5, 5.41) is 12.4. The van der Waals surface area contributed by atoms with Gasteiger partial charge in [-0.2, -0.15) is 5.26 Å². The first-order valence-corrected chi connectivity index (χ1v) is 6.54. The Balaban J connectivity index is 2.01. The summed E-state index contributed by atoms with van der Waals surface area (Å²) in [6, 6.07) is 7.73. The molecule has 4 nitrogen and oxygen atoms in total. The summed E-state index contributed by atoms with van der Waals surface area (Å²) in [5.74, 6) is 0. The number of nitrogens with two attached hydrogens (primary N) is 1. The average molecular weight is 266 g/mol. The Hall–Kier alpha value is -2.58. The fourth-order valence-corrected chi connectivity index (χ4v) is 2.43. The Labute approximate surface area is 113 Å². The minimum Gasteiger partial charge on any atom is -0.375 e. The smallest absolute Gasteiger partial charge is 0.180 e. The molecular formula is C14H10N4S. The number of H-pyrrole nitrogens is 1. The van der Waals surface area contributed by atoms with Crippen molar-refractivity contribution in [3.05, 3.63) is 46.6 Å². The van der Waals surface area contributed by atoms with Crippen molar-refractivity contribution in [1.29, 1.82) is 5.26 Å². The Morgan fingerprint density at radius 2 is 2.26 bits per heavy atom. The van der Waals surface area contributed by atoms with Gasteiger partial charge in [0.25, 0.3) is 0 Å². The Bertz CT molecular complexity index is 804. The average Bonchev–Trinajstić information content (AvgIpc) is 3.02. The molecule has 0 aliphatic carbocycles. The molecule has 0 spiro atoms. The molecule has 0 unspecified atom stereocenters. The molecule has 0 amide bonds. The van der Waals surface area contributed by atoms with Crippen molar-refractivity contribution < 1.29 is 0 Å². The summed E-state index contributed by atoms with van der Waals surface area (Å²) >= 11 is 1.42. The van der Waals surface area contributed by atoms with Gasteiger partial charge in [-0.05, 0) is 29.8 Å². The van der Waals surface area contributed by atoms with E-state index in [0.717, 1.165) is 22.2 Å². The number of aromatic amines is 1. The third-order valence-corrected chi connectivity index (χ3v) is 3.51. The van der Waals surface area contributed by atoms with E-state index >= 15 is 0 Å². The summed E-state index contributed by atoms with van der Waals surface area (Å²) in [6.45, 7) is 0. The quantitative estimate of drug-likeness (QED) is 0.747. The lowest BCUT2D eigenvalue weighted by Gasteiger charge is -1.93.